The largest absolute Gasteiger partial charge is 0.462 e. The molecule has 1 aromatic heterocycles. The topological polar surface area (TPSA) is 69.4 Å². The molecule has 2 fully saturated rings. The summed E-state index contributed by atoms with van der Waals surface area (Å²) in [6.45, 7) is 20.4. The first-order valence-corrected chi connectivity index (χ1v) is 15.8. The maximum absolute atomic E-state index is 12.6. The standard InChI is InChI=1S/C35H43N7O2/c1-6-32(43)42-18-17-41(22-28(42)21-36-4)34-29-15-16-40(31-12-8-11-27-10-7-9-24(2)33(27)31)23-30(29)37-35(38-34)44-20-19-39(5)25(3)26-13-14-26/h6-12,25-26,28H,1,13-23H2,2-3,5H3/t25-,28-/m0/s1. The Hall–Kier alpha value is -4.16. The number of nitrogens with zero attached hydrogens (tertiary/aromatic N) is 7. The van der Waals surface area contributed by atoms with Gasteiger partial charge >= 0.3 is 6.01 Å². The van der Waals surface area contributed by atoms with Gasteiger partial charge in [0, 0.05) is 55.4 Å². The maximum atomic E-state index is 12.6. The molecular weight excluding hydrogens is 550 g/mol. The van der Waals surface area contributed by atoms with Crippen molar-refractivity contribution < 1.29 is 9.53 Å². The lowest BCUT2D eigenvalue weighted by atomic mass is 9.99. The molecule has 230 valence electrons. The van der Waals surface area contributed by atoms with E-state index in [0.717, 1.165) is 42.5 Å². The Morgan fingerprint density at radius 3 is 2.73 bits per heavy atom. The number of anilines is 2. The number of benzene rings is 2. The van der Waals surface area contributed by atoms with Gasteiger partial charge in [0.05, 0.1) is 12.2 Å². The first-order chi connectivity index (χ1) is 21.4. The molecular formula is C35H43N7O2. The van der Waals surface area contributed by atoms with Crippen molar-refractivity contribution >= 4 is 28.2 Å². The molecule has 6 rings (SSSR count). The first kappa shape index (κ1) is 29.9. The number of aryl methyl sites for hydroxylation is 1. The minimum absolute atomic E-state index is 0.127. The van der Waals surface area contributed by atoms with E-state index in [4.69, 9.17) is 21.3 Å². The van der Waals surface area contributed by atoms with E-state index in [0.29, 0.717) is 44.8 Å². The summed E-state index contributed by atoms with van der Waals surface area (Å²) in [7, 11) is 2.16. The van der Waals surface area contributed by atoms with E-state index in [9.17, 15) is 4.79 Å². The Labute approximate surface area is 260 Å². The molecule has 1 amide bonds. The van der Waals surface area contributed by atoms with E-state index in [1.54, 1.807) is 4.90 Å². The molecule has 9 nitrogen and oxygen atoms in total. The minimum atomic E-state index is -0.224. The highest BCUT2D eigenvalue weighted by atomic mass is 16.5. The van der Waals surface area contributed by atoms with Crippen molar-refractivity contribution in [1.82, 2.24) is 19.8 Å². The third kappa shape index (κ3) is 6.09. The molecule has 2 aliphatic heterocycles. The number of ether oxygens (including phenoxy) is 1. The van der Waals surface area contributed by atoms with Crippen molar-refractivity contribution in [2.24, 2.45) is 5.92 Å². The number of fused-ring (bicyclic) bond motifs is 2. The van der Waals surface area contributed by atoms with Crippen LogP contribution in [-0.2, 0) is 17.8 Å². The lowest BCUT2D eigenvalue weighted by Gasteiger charge is -2.41. The summed E-state index contributed by atoms with van der Waals surface area (Å²) < 4.78 is 6.27. The van der Waals surface area contributed by atoms with Gasteiger partial charge in [0.25, 0.3) is 0 Å². The molecule has 3 heterocycles. The Balaban J connectivity index is 1.30. The second kappa shape index (κ2) is 12.8. The zero-order chi connectivity index (χ0) is 30.8. The van der Waals surface area contributed by atoms with Crippen LogP contribution in [0.15, 0.2) is 49.1 Å². The van der Waals surface area contributed by atoms with E-state index in [-0.39, 0.29) is 18.5 Å². The summed E-state index contributed by atoms with van der Waals surface area (Å²) in [5.74, 6) is 1.54. The summed E-state index contributed by atoms with van der Waals surface area (Å²) in [5.41, 5.74) is 4.60. The molecule has 0 spiro atoms. The molecule has 0 radical (unpaired) electrons. The van der Waals surface area contributed by atoms with Crippen LogP contribution < -0.4 is 14.5 Å². The Kier molecular flexibility index (Phi) is 8.72. The van der Waals surface area contributed by atoms with Crippen molar-refractivity contribution in [2.75, 3.05) is 62.7 Å². The van der Waals surface area contributed by atoms with Gasteiger partial charge in [-0.25, -0.2) is 6.57 Å². The quantitative estimate of drug-likeness (QED) is 0.249. The first-order valence-electron chi connectivity index (χ1n) is 15.8. The molecule has 0 unspecified atom stereocenters. The number of rotatable bonds is 10. The number of carbonyl (C=O) groups is 1. The van der Waals surface area contributed by atoms with Crippen LogP contribution in [0.2, 0.25) is 0 Å². The fourth-order valence-electron chi connectivity index (χ4n) is 6.83. The monoisotopic (exact) mass is 593 g/mol. The van der Waals surface area contributed by atoms with E-state index >= 15 is 0 Å². The highest BCUT2D eigenvalue weighted by Gasteiger charge is 2.35. The number of likely N-dealkylation sites (N-methyl/N-ethyl adjacent to an activating group) is 1. The summed E-state index contributed by atoms with van der Waals surface area (Å²) in [6, 6.07) is 13.7. The van der Waals surface area contributed by atoms with Crippen molar-refractivity contribution in [3.05, 3.63) is 77.3 Å². The fraction of sp³-hybridized carbons (Fsp3) is 0.486. The van der Waals surface area contributed by atoms with Gasteiger partial charge in [-0.1, -0.05) is 36.9 Å². The molecule has 1 saturated heterocycles. The van der Waals surface area contributed by atoms with Crippen molar-refractivity contribution in [2.45, 2.75) is 51.7 Å². The van der Waals surface area contributed by atoms with Crippen molar-refractivity contribution in [3.8, 4) is 6.01 Å². The predicted octanol–water partition coefficient (Wildman–Crippen LogP) is 4.73. The summed E-state index contributed by atoms with van der Waals surface area (Å²) >= 11 is 0. The van der Waals surface area contributed by atoms with Crippen LogP contribution in [0.25, 0.3) is 15.6 Å². The molecule has 2 atom stereocenters. The zero-order valence-corrected chi connectivity index (χ0v) is 26.2. The fourth-order valence-corrected chi connectivity index (χ4v) is 6.83. The molecule has 9 heteroatoms. The number of hydrogen-bond acceptors (Lipinski definition) is 7. The van der Waals surface area contributed by atoms with Gasteiger partial charge in [0.2, 0.25) is 12.5 Å². The van der Waals surface area contributed by atoms with E-state index < -0.39 is 0 Å². The number of carbonyl (C=O) groups excluding carboxylic acids is 1. The van der Waals surface area contributed by atoms with Crippen LogP contribution in [0.4, 0.5) is 11.5 Å². The van der Waals surface area contributed by atoms with Gasteiger partial charge in [0.15, 0.2) is 0 Å². The van der Waals surface area contributed by atoms with Crippen LogP contribution in [0.5, 0.6) is 6.01 Å². The maximum Gasteiger partial charge on any atom is 0.318 e. The van der Waals surface area contributed by atoms with E-state index in [1.807, 2.05) is 0 Å². The summed E-state index contributed by atoms with van der Waals surface area (Å²) in [6.07, 6.45) is 4.77. The zero-order valence-electron chi connectivity index (χ0n) is 26.2. The lowest BCUT2D eigenvalue weighted by Crippen LogP contribution is -2.56. The molecule has 44 heavy (non-hydrogen) atoms. The van der Waals surface area contributed by atoms with Gasteiger partial charge < -0.3 is 29.2 Å². The molecule has 1 saturated carbocycles. The predicted molar refractivity (Wildman–Crippen MR) is 175 cm³/mol. The minimum Gasteiger partial charge on any atom is -0.462 e. The molecule has 2 aromatic carbocycles. The van der Waals surface area contributed by atoms with Crippen LogP contribution >= 0.6 is 0 Å². The van der Waals surface area contributed by atoms with Gasteiger partial charge in [-0.05, 0) is 69.2 Å². The SMILES string of the molecule is [C-]#[N+]C[C@H]1CN(c2nc(OCCN(C)[C@@H](C)C3CC3)nc3c2CCN(c2cccc4cccc(C)c24)C3)CCN1C(=O)C=C. The van der Waals surface area contributed by atoms with Crippen LogP contribution in [0.3, 0.4) is 0 Å². The summed E-state index contributed by atoms with van der Waals surface area (Å²) in [4.78, 5) is 35.0. The number of amides is 1. The lowest BCUT2D eigenvalue weighted by molar-refractivity contribution is -0.128. The smallest absolute Gasteiger partial charge is 0.318 e. The number of aromatic nitrogens is 2. The molecule has 3 aromatic rings. The highest BCUT2D eigenvalue weighted by molar-refractivity contribution is 5.97. The van der Waals surface area contributed by atoms with Gasteiger partial charge in [-0.3, -0.25) is 4.79 Å². The van der Waals surface area contributed by atoms with Gasteiger partial charge in [-0.15, -0.1) is 0 Å². The number of hydrogen-bond donors (Lipinski definition) is 0. The Bertz CT molecular complexity index is 1570. The Morgan fingerprint density at radius 1 is 1.18 bits per heavy atom. The second-order valence-corrected chi connectivity index (χ2v) is 12.5. The van der Waals surface area contributed by atoms with Gasteiger partial charge in [-0.2, -0.15) is 9.97 Å². The summed E-state index contributed by atoms with van der Waals surface area (Å²) in [5, 5.41) is 2.52. The number of piperazine rings is 1. The third-order valence-corrected chi connectivity index (χ3v) is 9.67. The average Bonchev–Trinajstić information content (AvgIpc) is 3.89. The third-order valence-electron chi connectivity index (χ3n) is 9.67. The molecule has 0 bridgehead atoms. The van der Waals surface area contributed by atoms with Gasteiger partial charge in [0.1, 0.15) is 18.5 Å². The molecule has 1 aliphatic carbocycles. The molecule has 3 aliphatic rings. The highest BCUT2D eigenvalue weighted by Crippen LogP contribution is 2.36. The van der Waals surface area contributed by atoms with E-state index in [1.165, 1.54) is 40.9 Å². The Morgan fingerprint density at radius 2 is 1.98 bits per heavy atom. The molecule has 0 N–H and O–H groups in total. The van der Waals surface area contributed by atoms with Crippen molar-refractivity contribution in [3.63, 3.8) is 0 Å². The van der Waals surface area contributed by atoms with Crippen LogP contribution in [0.1, 0.15) is 36.6 Å². The van der Waals surface area contributed by atoms with Crippen molar-refractivity contribution in [1.29, 1.82) is 0 Å². The van der Waals surface area contributed by atoms with Crippen LogP contribution in [0, 0.1) is 19.4 Å². The normalized spacial score (nSPS) is 19.1. The average molecular weight is 594 g/mol. The van der Waals surface area contributed by atoms with Crippen LogP contribution in [-0.4, -0.2) is 90.7 Å². The second-order valence-electron chi connectivity index (χ2n) is 12.5. The van der Waals surface area contributed by atoms with E-state index in [2.05, 4.69) is 83.4 Å².